The van der Waals surface area contributed by atoms with Crippen LogP contribution in [0.4, 0.5) is 0 Å². The number of hydrogen-bond donors (Lipinski definition) is 0. The maximum Gasteiger partial charge on any atom is 0.0824 e. The van der Waals surface area contributed by atoms with Crippen molar-refractivity contribution in [1.82, 2.24) is 0 Å². The molecule has 0 aromatic rings. The van der Waals surface area contributed by atoms with E-state index in [1.807, 2.05) is 13.8 Å². The van der Waals surface area contributed by atoms with Gasteiger partial charge in [0.2, 0.25) is 0 Å². The van der Waals surface area contributed by atoms with Crippen molar-refractivity contribution in [3.8, 4) is 0 Å². The number of ether oxygens (including phenoxy) is 1. The molecule has 0 spiro atoms. The van der Waals surface area contributed by atoms with Crippen LogP contribution < -0.4 is 0 Å². The molecule has 0 rings (SSSR count). The number of allylic oxidation sites excluding steroid dienone is 2. The van der Waals surface area contributed by atoms with E-state index in [0.717, 1.165) is 0 Å². The van der Waals surface area contributed by atoms with E-state index in [4.69, 9.17) is 0 Å². The van der Waals surface area contributed by atoms with Crippen LogP contribution in [0.15, 0.2) is 25.0 Å². The Kier molecular flexibility index (Phi) is 20.9. The van der Waals surface area contributed by atoms with E-state index in [1.165, 1.54) is 0 Å². The Labute approximate surface area is 51.7 Å². The minimum Gasteiger partial charge on any atom is -0.504 e. The van der Waals surface area contributed by atoms with Crippen LogP contribution in [-0.4, -0.2) is 7.11 Å². The molecule has 1 heteroatoms. The van der Waals surface area contributed by atoms with E-state index in [1.54, 1.807) is 25.5 Å². The summed E-state index contributed by atoms with van der Waals surface area (Å²) in [6, 6.07) is 0. The highest BCUT2D eigenvalue weighted by Gasteiger charge is 1.51. The predicted octanol–water partition coefficient (Wildman–Crippen LogP) is 2.36. The van der Waals surface area contributed by atoms with Gasteiger partial charge in [0.15, 0.2) is 0 Å². The van der Waals surface area contributed by atoms with Crippen LogP contribution in [0.1, 0.15) is 13.8 Å². The van der Waals surface area contributed by atoms with Crippen LogP contribution in [0.2, 0.25) is 0 Å². The van der Waals surface area contributed by atoms with Gasteiger partial charge in [0.25, 0.3) is 0 Å². The minimum absolute atomic E-state index is 1.56. The standard InChI is InChI=1S/C5H8O.C2H6/c1-3-4-5-6-2;1-2/h3-5H,1H2,2H3;1-2H3/b5-4-;. The molecule has 0 aromatic carbocycles. The third-order valence-electron chi connectivity index (χ3n) is 0.351. The second kappa shape index (κ2) is 16.3. The quantitative estimate of drug-likeness (QED) is 0.395. The Balaban J connectivity index is 0. The fraction of sp³-hybridized carbons (Fsp3) is 0.429. The smallest absolute Gasteiger partial charge is 0.0824 e. The van der Waals surface area contributed by atoms with Gasteiger partial charge in [-0.3, -0.25) is 0 Å². The summed E-state index contributed by atoms with van der Waals surface area (Å²) in [5.41, 5.74) is 0. The van der Waals surface area contributed by atoms with Crippen LogP contribution in [0.25, 0.3) is 0 Å². The van der Waals surface area contributed by atoms with E-state index in [9.17, 15) is 0 Å². The summed E-state index contributed by atoms with van der Waals surface area (Å²) in [5.74, 6) is 0. The Bertz CT molecular complexity index is 55.4. The van der Waals surface area contributed by atoms with Gasteiger partial charge in [0, 0.05) is 0 Å². The highest BCUT2D eigenvalue weighted by molar-refractivity contribution is 4.92. The Morgan fingerprint density at radius 3 is 2.00 bits per heavy atom. The fourth-order valence-corrected chi connectivity index (χ4v) is 0.134. The van der Waals surface area contributed by atoms with Crippen molar-refractivity contribution in [2.75, 3.05) is 7.11 Å². The Hall–Kier alpha value is -0.720. The van der Waals surface area contributed by atoms with E-state index < -0.39 is 0 Å². The average Bonchev–Trinajstić information content (AvgIpc) is 1.88. The van der Waals surface area contributed by atoms with Gasteiger partial charge in [0.05, 0.1) is 13.4 Å². The molecule has 0 amide bonds. The van der Waals surface area contributed by atoms with Gasteiger partial charge in [-0.25, -0.2) is 0 Å². The zero-order chi connectivity index (χ0) is 6.83. The molecule has 0 bridgehead atoms. The fourth-order valence-electron chi connectivity index (χ4n) is 0.134. The third kappa shape index (κ3) is 18.6. The van der Waals surface area contributed by atoms with Crippen molar-refractivity contribution in [3.63, 3.8) is 0 Å². The van der Waals surface area contributed by atoms with E-state index in [2.05, 4.69) is 11.3 Å². The number of hydrogen-bond acceptors (Lipinski definition) is 1. The van der Waals surface area contributed by atoms with Crippen molar-refractivity contribution in [1.29, 1.82) is 0 Å². The van der Waals surface area contributed by atoms with Gasteiger partial charge in [-0.1, -0.05) is 26.5 Å². The van der Waals surface area contributed by atoms with Gasteiger partial charge in [-0.2, -0.15) is 0 Å². The highest BCUT2D eigenvalue weighted by atomic mass is 16.5. The number of rotatable bonds is 2. The zero-order valence-electron chi connectivity index (χ0n) is 5.85. The summed E-state index contributed by atoms with van der Waals surface area (Å²) in [6.45, 7) is 7.43. The highest BCUT2D eigenvalue weighted by Crippen LogP contribution is 1.69. The molecule has 0 saturated heterocycles. The van der Waals surface area contributed by atoms with Crippen LogP contribution in [0.5, 0.6) is 0 Å². The first-order valence-corrected chi connectivity index (χ1v) is 2.72. The summed E-state index contributed by atoms with van der Waals surface area (Å²) < 4.78 is 4.53. The molecule has 0 aliphatic carbocycles. The molecule has 0 aromatic heterocycles. The Morgan fingerprint density at radius 2 is 1.88 bits per heavy atom. The lowest BCUT2D eigenvalue weighted by Gasteiger charge is -1.77. The summed E-state index contributed by atoms with van der Waals surface area (Å²) in [6.07, 6.45) is 4.94. The second-order valence-electron chi connectivity index (χ2n) is 0.800. The van der Waals surface area contributed by atoms with Crippen molar-refractivity contribution >= 4 is 0 Å². The van der Waals surface area contributed by atoms with E-state index in [-0.39, 0.29) is 0 Å². The zero-order valence-corrected chi connectivity index (χ0v) is 5.85. The van der Waals surface area contributed by atoms with Gasteiger partial charge < -0.3 is 4.74 Å². The molecule has 0 saturated carbocycles. The summed E-state index contributed by atoms with van der Waals surface area (Å²) >= 11 is 0. The molecule has 0 unspecified atom stereocenters. The lowest BCUT2D eigenvalue weighted by atomic mass is 10.6. The normalized spacial score (nSPS) is 7.38. The molecule has 0 radical (unpaired) electrons. The molecular formula is C7H14O. The lowest BCUT2D eigenvalue weighted by Crippen LogP contribution is -1.58. The first-order chi connectivity index (χ1) is 3.91. The molecule has 0 fully saturated rings. The first kappa shape index (κ1) is 10.3. The maximum atomic E-state index is 4.53. The average molecular weight is 114 g/mol. The SMILES string of the molecule is C=C/C=C\OC.CC. The van der Waals surface area contributed by atoms with E-state index in [0.29, 0.717) is 0 Å². The van der Waals surface area contributed by atoms with E-state index >= 15 is 0 Å². The van der Waals surface area contributed by atoms with Crippen LogP contribution in [0.3, 0.4) is 0 Å². The molecular weight excluding hydrogens is 100 g/mol. The molecule has 0 aliphatic rings. The molecule has 0 N–H and O–H groups in total. The monoisotopic (exact) mass is 114 g/mol. The van der Waals surface area contributed by atoms with Crippen LogP contribution >= 0.6 is 0 Å². The minimum atomic E-state index is 1.56. The van der Waals surface area contributed by atoms with Crippen LogP contribution in [0, 0.1) is 0 Å². The first-order valence-electron chi connectivity index (χ1n) is 2.72. The van der Waals surface area contributed by atoms with Gasteiger partial charge in [0.1, 0.15) is 0 Å². The van der Waals surface area contributed by atoms with Crippen molar-refractivity contribution in [2.24, 2.45) is 0 Å². The predicted molar refractivity (Wildman–Crippen MR) is 37.7 cm³/mol. The topological polar surface area (TPSA) is 9.23 Å². The molecule has 1 nitrogen and oxygen atoms in total. The third-order valence-corrected chi connectivity index (χ3v) is 0.351. The molecule has 0 heterocycles. The summed E-state index contributed by atoms with van der Waals surface area (Å²) in [4.78, 5) is 0. The van der Waals surface area contributed by atoms with Crippen molar-refractivity contribution in [2.45, 2.75) is 13.8 Å². The molecule has 48 valence electrons. The summed E-state index contributed by atoms with van der Waals surface area (Å²) in [5, 5.41) is 0. The Morgan fingerprint density at radius 1 is 1.38 bits per heavy atom. The van der Waals surface area contributed by atoms with Crippen molar-refractivity contribution in [3.05, 3.63) is 25.0 Å². The second-order valence-corrected chi connectivity index (χ2v) is 0.800. The van der Waals surface area contributed by atoms with Gasteiger partial charge in [-0.05, 0) is 6.08 Å². The lowest BCUT2D eigenvalue weighted by molar-refractivity contribution is 0.338. The molecule has 8 heavy (non-hydrogen) atoms. The maximum absolute atomic E-state index is 4.53. The molecule has 0 aliphatic heterocycles. The van der Waals surface area contributed by atoms with Gasteiger partial charge in [-0.15, -0.1) is 0 Å². The summed E-state index contributed by atoms with van der Waals surface area (Å²) in [7, 11) is 1.60. The number of methoxy groups -OCH3 is 1. The van der Waals surface area contributed by atoms with Crippen LogP contribution in [-0.2, 0) is 4.74 Å². The largest absolute Gasteiger partial charge is 0.504 e. The van der Waals surface area contributed by atoms with Crippen molar-refractivity contribution < 1.29 is 4.74 Å². The van der Waals surface area contributed by atoms with Gasteiger partial charge >= 0.3 is 0 Å². The molecule has 0 atom stereocenters.